The average molecular weight is 412 g/mol. The van der Waals surface area contributed by atoms with Crippen LogP contribution in [0.25, 0.3) is 34.7 Å². The van der Waals surface area contributed by atoms with Crippen LogP contribution in [-0.4, -0.2) is 35.4 Å². The smallest absolute Gasteiger partial charge is 0.179 e. The molecule has 0 bridgehead atoms. The van der Waals surface area contributed by atoms with Crippen LogP contribution in [0.1, 0.15) is 43.9 Å². The quantitative estimate of drug-likeness (QED) is 0.440. The van der Waals surface area contributed by atoms with E-state index in [9.17, 15) is 0 Å². The standard InChI is InChI=1S/C24H25N7/c1-3-5-10-22-25-23(11-6-4-2)31(28-22)17-18-12-14-19(15-13-18)20-8-7-9-21(16-20)24-26-29-30-27-24/h5-16H,3-4,17H2,1-2H3,(H,26,27,29,30)/b10-5+,11-6+. The van der Waals surface area contributed by atoms with Gasteiger partial charge in [0.15, 0.2) is 17.5 Å². The van der Waals surface area contributed by atoms with E-state index in [1.807, 2.05) is 29.0 Å². The van der Waals surface area contributed by atoms with Crippen molar-refractivity contribution in [2.45, 2.75) is 33.2 Å². The number of aromatic nitrogens is 7. The molecule has 1 N–H and O–H groups in total. The number of H-pyrrole nitrogens is 1. The second-order valence-electron chi connectivity index (χ2n) is 7.13. The summed E-state index contributed by atoms with van der Waals surface area (Å²) in [5, 5.41) is 18.8. The topological polar surface area (TPSA) is 85.2 Å². The third-order valence-corrected chi connectivity index (χ3v) is 4.82. The summed E-state index contributed by atoms with van der Waals surface area (Å²) in [7, 11) is 0. The van der Waals surface area contributed by atoms with Crippen LogP contribution in [0.5, 0.6) is 0 Å². The van der Waals surface area contributed by atoms with Crippen LogP contribution in [0, 0.1) is 0 Å². The number of nitrogens with one attached hydrogen (secondary N) is 1. The van der Waals surface area contributed by atoms with E-state index in [1.165, 1.54) is 5.56 Å². The lowest BCUT2D eigenvalue weighted by Gasteiger charge is -2.07. The van der Waals surface area contributed by atoms with Crippen molar-refractivity contribution in [3.63, 3.8) is 0 Å². The largest absolute Gasteiger partial charge is 0.241 e. The molecule has 2 aromatic heterocycles. The Morgan fingerprint density at radius 2 is 1.68 bits per heavy atom. The van der Waals surface area contributed by atoms with Gasteiger partial charge in [-0.05, 0) is 58.2 Å². The fourth-order valence-corrected chi connectivity index (χ4v) is 3.23. The van der Waals surface area contributed by atoms with Gasteiger partial charge >= 0.3 is 0 Å². The van der Waals surface area contributed by atoms with Crippen molar-refractivity contribution in [2.75, 3.05) is 0 Å². The number of allylic oxidation sites excluding steroid dienone is 2. The van der Waals surface area contributed by atoms with E-state index < -0.39 is 0 Å². The highest BCUT2D eigenvalue weighted by Gasteiger charge is 2.08. The average Bonchev–Trinajstić information content (AvgIpc) is 3.47. The number of rotatable bonds is 8. The minimum atomic E-state index is 0.658. The third-order valence-electron chi connectivity index (χ3n) is 4.82. The zero-order valence-corrected chi connectivity index (χ0v) is 17.7. The number of tetrazole rings is 1. The van der Waals surface area contributed by atoms with E-state index in [1.54, 1.807) is 0 Å². The predicted molar refractivity (Wildman–Crippen MR) is 123 cm³/mol. The number of hydrogen-bond acceptors (Lipinski definition) is 5. The van der Waals surface area contributed by atoms with Crippen molar-refractivity contribution in [3.8, 4) is 22.5 Å². The maximum atomic E-state index is 4.66. The highest BCUT2D eigenvalue weighted by molar-refractivity contribution is 5.70. The van der Waals surface area contributed by atoms with E-state index in [0.717, 1.165) is 41.2 Å². The Balaban J connectivity index is 1.55. The second-order valence-corrected chi connectivity index (χ2v) is 7.13. The molecule has 0 spiro atoms. The first-order valence-corrected chi connectivity index (χ1v) is 10.5. The summed E-state index contributed by atoms with van der Waals surface area (Å²) in [5.41, 5.74) is 4.37. The normalized spacial score (nSPS) is 11.7. The van der Waals surface area contributed by atoms with Crippen LogP contribution in [0.15, 0.2) is 60.7 Å². The van der Waals surface area contributed by atoms with Gasteiger partial charge in [-0.1, -0.05) is 68.5 Å². The fraction of sp³-hybridized carbons (Fsp3) is 0.208. The van der Waals surface area contributed by atoms with Crippen LogP contribution in [0.4, 0.5) is 0 Å². The molecule has 0 radical (unpaired) electrons. The Labute approximate surface area is 181 Å². The first kappa shape index (κ1) is 20.4. The van der Waals surface area contributed by atoms with Crippen LogP contribution in [0.3, 0.4) is 0 Å². The minimum Gasteiger partial charge on any atom is -0.241 e. The molecule has 4 aromatic rings. The monoisotopic (exact) mass is 411 g/mol. The van der Waals surface area contributed by atoms with Crippen molar-refractivity contribution >= 4 is 12.2 Å². The maximum absolute atomic E-state index is 4.66. The Morgan fingerprint density at radius 3 is 2.42 bits per heavy atom. The summed E-state index contributed by atoms with van der Waals surface area (Å²) in [6.45, 7) is 4.88. The number of aromatic amines is 1. The summed E-state index contributed by atoms with van der Waals surface area (Å²) in [6.07, 6.45) is 10.1. The summed E-state index contributed by atoms with van der Waals surface area (Å²) >= 11 is 0. The molecule has 0 aliphatic carbocycles. The molecule has 0 amide bonds. The van der Waals surface area contributed by atoms with Gasteiger partial charge in [0.05, 0.1) is 6.54 Å². The molecule has 0 atom stereocenters. The molecule has 31 heavy (non-hydrogen) atoms. The molecule has 0 unspecified atom stereocenters. The van der Waals surface area contributed by atoms with Crippen molar-refractivity contribution in [1.82, 2.24) is 35.4 Å². The molecule has 4 rings (SSSR count). The molecule has 2 heterocycles. The second kappa shape index (κ2) is 9.75. The molecule has 7 nitrogen and oxygen atoms in total. The summed E-state index contributed by atoms with van der Waals surface area (Å²) < 4.78 is 1.95. The van der Waals surface area contributed by atoms with Crippen LogP contribution in [-0.2, 0) is 6.54 Å². The molecule has 156 valence electrons. The number of nitrogens with zero attached hydrogens (tertiary/aromatic N) is 6. The third kappa shape index (κ3) is 5.01. The molecule has 2 aromatic carbocycles. The molecular formula is C24H25N7. The lowest BCUT2D eigenvalue weighted by atomic mass is 10.0. The van der Waals surface area contributed by atoms with Gasteiger partial charge < -0.3 is 0 Å². The van der Waals surface area contributed by atoms with Crippen molar-refractivity contribution in [1.29, 1.82) is 0 Å². The lowest BCUT2D eigenvalue weighted by molar-refractivity contribution is 0.676. The van der Waals surface area contributed by atoms with Crippen LogP contribution >= 0.6 is 0 Å². The molecule has 7 heteroatoms. The lowest BCUT2D eigenvalue weighted by Crippen LogP contribution is -2.04. The van der Waals surface area contributed by atoms with Gasteiger partial charge in [0.25, 0.3) is 0 Å². The number of benzene rings is 2. The highest BCUT2D eigenvalue weighted by atomic mass is 15.5. The molecule has 0 aliphatic heterocycles. The summed E-state index contributed by atoms with van der Waals surface area (Å²) in [4.78, 5) is 4.64. The highest BCUT2D eigenvalue weighted by Crippen LogP contribution is 2.24. The molecule has 0 fully saturated rings. The Bertz CT molecular complexity index is 1170. The van der Waals surface area contributed by atoms with Crippen LogP contribution < -0.4 is 0 Å². The minimum absolute atomic E-state index is 0.658. The molecule has 0 saturated heterocycles. The van der Waals surface area contributed by atoms with Crippen molar-refractivity contribution in [2.24, 2.45) is 0 Å². The van der Waals surface area contributed by atoms with E-state index in [0.29, 0.717) is 12.4 Å². The van der Waals surface area contributed by atoms with Gasteiger partial charge in [-0.25, -0.2) is 14.8 Å². The van der Waals surface area contributed by atoms with Gasteiger partial charge in [0, 0.05) is 5.56 Å². The molecular weight excluding hydrogens is 386 g/mol. The number of hydrogen-bond donors (Lipinski definition) is 1. The van der Waals surface area contributed by atoms with Crippen molar-refractivity contribution < 1.29 is 0 Å². The predicted octanol–water partition coefficient (Wildman–Crippen LogP) is 5.02. The van der Waals surface area contributed by atoms with Gasteiger partial charge in [-0.2, -0.15) is 5.10 Å². The summed E-state index contributed by atoms with van der Waals surface area (Å²) in [5.74, 6) is 2.27. The van der Waals surface area contributed by atoms with E-state index in [-0.39, 0.29) is 0 Å². The van der Waals surface area contributed by atoms with Gasteiger partial charge in [0.1, 0.15) is 0 Å². The van der Waals surface area contributed by atoms with E-state index in [4.69, 9.17) is 0 Å². The van der Waals surface area contributed by atoms with Gasteiger partial charge in [-0.3, -0.25) is 0 Å². The zero-order valence-electron chi connectivity index (χ0n) is 17.7. The summed E-state index contributed by atoms with van der Waals surface area (Å²) in [6, 6.07) is 16.7. The van der Waals surface area contributed by atoms with E-state index in [2.05, 4.69) is 93.1 Å². The van der Waals surface area contributed by atoms with Crippen molar-refractivity contribution in [3.05, 3.63) is 77.9 Å². The zero-order chi connectivity index (χ0) is 21.5. The Morgan fingerprint density at radius 1 is 0.903 bits per heavy atom. The first-order chi connectivity index (χ1) is 15.3. The van der Waals surface area contributed by atoms with E-state index >= 15 is 0 Å². The molecule has 0 aliphatic rings. The SMILES string of the molecule is CC/C=C/c1nc(/C=C/CC)n(Cc2ccc(-c3cccc(-c4nnn[nH]4)c3)cc2)n1. The first-order valence-electron chi connectivity index (χ1n) is 10.5. The fourth-order valence-electron chi connectivity index (χ4n) is 3.23. The molecule has 0 saturated carbocycles. The maximum Gasteiger partial charge on any atom is 0.179 e. The van der Waals surface area contributed by atoms with Gasteiger partial charge in [-0.15, -0.1) is 5.10 Å². The Kier molecular flexibility index (Phi) is 6.42. The van der Waals surface area contributed by atoms with Crippen LogP contribution in [0.2, 0.25) is 0 Å². The Hall–Kier alpha value is -3.87. The van der Waals surface area contributed by atoms with Gasteiger partial charge in [0.2, 0.25) is 0 Å².